The van der Waals surface area contributed by atoms with Crippen LogP contribution in [0.2, 0.25) is 0 Å². The number of benzene rings is 1. The number of ether oxygens (including phenoxy) is 1. The van der Waals surface area contributed by atoms with Crippen LogP contribution in [-0.4, -0.2) is 23.9 Å². The normalized spacial score (nSPS) is 14.4. The number of nitrogens with two attached hydrogens (primary N) is 1. The van der Waals surface area contributed by atoms with Crippen LogP contribution >= 0.6 is 0 Å². The number of aliphatic hydroxyl groups is 1. The van der Waals surface area contributed by atoms with Gasteiger partial charge in [0.1, 0.15) is 5.75 Å². The molecule has 1 unspecified atom stereocenters. The molecule has 0 heterocycles. The molecule has 3 N–H and O–H groups in total. The molecule has 1 rings (SSSR count). The number of hydrogen-bond donors (Lipinski definition) is 2. The maximum absolute atomic E-state index is 9.00. The van der Waals surface area contributed by atoms with Crippen LogP contribution in [-0.2, 0) is 6.42 Å². The van der Waals surface area contributed by atoms with Gasteiger partial charge in [0.2, 0.25) is 0 Å². The van der Waals surface area contributed by atoms with Gasteiger partial charge in [0, 0.05) is 5.54 Å². The van der Waals surface area contributed by atoms with E-state index in [1.54, 1.807) is 0 Å². The third-order valence-corrected chi connectivity index (χ3v) is 2.85. The lowest BCUT2D eigenvalue weighted by atomic mass is 9.99. The Bertz CT molecular complexity index is 319. The fraction of sp³-hybridized carbons (Fsp3) is 0.571. The van der Waals surface area contributed by atoms with E-state index >= 15 is 0 Å². The van der Waals surface area contributed by atoms with Gasteiger partial charge in [-0.05, 0) is 43.9 Å². The minimum atomic E-state index is -0.491. The second-order valence-corrected chi connectivity index (χ2v) is 4.76. The van der Waals surface area contributed by atoms with E-state index in [1.807, 2.05) is 19.1 Å². The molecule has 96 valence electrons. The minimum absolute atomic E-state index is 0.0121. The van der Waals surface area contributed by atoms with Gasteiger partial charge < -0.3 is 15.6 Å². The molecule has 1 aromatic rings. The highest BCUT2D eigenvalue weighted by molar-refractivity contribution is 5.27. The molecule has 0 saturated heterocycles. The summed E-state index contributed by atoms with van der Waals surface area (Å²) in [5.41, 5.74) is 6.65. The lowest BCUT2D eigenvalue weighted by molar-refractivity contribution is 0.188. The number of aryl methyl sites for hydroxylation is 1. The van der Waals surface area contributed by atoms with Crippen LogP contribution in [0.25, 0.3) is 0 Å². The SMILES string of the molecule is CCc1ccc(OCCCC(C)(N)CO)cc1. The van der Waals surface area contributed by atoms with Crippen molar-refractivity contribution in [3.63, 3.8) is 0 Å². The highest BCUT2D eigenvalue weighted by Crippen LogP contribution is 2.14. The highest BCUT2D eigenvalue weighted by Gasteiger charge is 2.15. The van der Waals surface area contributed by atoms with Crippen molar-refractivity contribution in [1.82, 2.24) is 0 Å². The van der Waals surface area contributed by atoms with Crippen LogP contribution in [0.4, 0.5) is 0 Å². The average Bonchev–Trinajstić information content (AvgIpc) is 2.35. The summed E-state index contributed by atoms with van der Waals surface area (Å²) in [7, 11) is 0. The minimum Gasteiger partial charge on any atom is -0.494 e. The molecular formula is C14H23NO2. The van der Waals surface area contributed by atoms with Crippen molar-refractivity contribution in [1.29, 1.82) is 0 Å². The molecule has 0 aliphatic rings. The third-order valence-electron chi connectivity index (χ3n) is 2.85. The smallest absolute Gasteiger partial charge is 0.119 e. The van der Waals surface area contributed by atoms with Crippen molar-refractivity contribution in [2.45, 2.75) is 38.6 Å². The standard InChI is InChI=1S/C14H23NO2/c1-3-12-5-7-13(8-6-12)17-10-4-9-14(2,15)11-16/h5-8,16H,3-4,9-11,15H2,1-2H3. The Kier molecular flexibility index (Phi) is 5.45. The molecule has 3 nitrogen and oxygen atoms in total. The van der Waals surface area contributed by atoms with Crippen LogP contribution in [0.3, 0.4) is 0 Å². The second kappa shape index (κ2) is 6.62. The fourth-order valence-corrected chi connectivity index (χ4v) is 1.57. The van der Waals surface area contributed by atoms with E-state index in [4.69, 9.17) is 15.6 Å². The van der Waals surface area contributed by atoms with Crippen LogP contribution in [0, 0.1) is 0 Å². The zero-order chi connectivity index (χ0) is 12.7. The summed E-state index contributed by atoms with van der Waals surface area (Å²) in [6.45, 7) is 4.63. The first-order valence-corrected chi connectivity index (χ1v) is 6.19. The van der Waals surface area contributed by atoms with Crippen molar-refractivity contribution in [3.8, 4) is 5.75 Å². The van der Waals surface area contributed by atoms with E-state index in [0.717, 1.165) is 25.0 Å². The Hall–Kier alpha value is -1.06. The zero-order valence-corrected chi connectivity index (χ0v) is 10.8. The lowest BCUT2D eigenvalue weighted by Gasteiger charge is -2.21. The van der Waals surface area contributed by atoms with Crippen molar-refractivity contribution >= 4 is 0 Å². The molecular weight excluding hydrogens is 214 g/mol. The summed E-state index contributed by atoms with van der Waals surface area (Å²) in [5.74, 6) is 0.893. The average molecular weight is 237 g/mol. The molecule has 0 aromatic heterocycles. The summed E-state index contributed by atoms with van der Waals surface area (Å²) in [4.78, 5) is 0. The Morgan fingerprint density at radius 3 is 2.47 bits per heavy atom. The van der Waals surface area contributed by atoms with Crippen molar-refractivity contribution in [2.24, 2.45) is 5.73 Å². The summed E-state index contributed by atoms with van der Waals surface area (Å²) in [5, 5.41) is 9.00. The molecule has 0 radical (unpaired) electrons. The Morgan fingerprint density at radius 1 is 1.29 bits per heavy atom. The summed E-state index contributed by atoms with van der Waals surface area (Å²) < 4.78 is 5.61. The maximum atomic E-state index is 9.00. The van der Waals surface area contributed by atoms with Gasteiger partial charge in [-0.2, -0.15) is 0 Å². The third kappa shape index (κ3) is 5.20. The van der Waals surface area contributed by atoms with Crippen molar-refractivity contribution in [2.75, 3.05) is 13.2 Å². The van der Waals surface area contributed by atoms with Crippen LogP contribution in [0.15, 0.2) is 24.3 Å². The number of aliphatic hydroxyl groups excluding tert-OH is 1. The number of hydrogen-bond acceptors (Lipinski definition) is 3. The molecule has 0 aliphatic carbocycles. The van der Waals surface area contributed by atoms with Gasteiger partial charge in [-0.25, -0.2) is 0 Å². The van der Waals surface area contributed by atoms with E-state index in [2.05, 4.69) is 19.1 Å². The Morgan fingerprint density at radius 2 is 1.94 bits per heavy atom. The van der Waals surface area contributed by atoms with E-state index in [1.165, 1.54) is 5.56 Å². The van der Waals surface area contributed by atoms with Crippen molar-refractivity contribution in [3.05, 3.63) is 29.8 Å². The molecule has 1 aromatic carbocycles. The van der Waals surface area contributed by atoms with E-state index in [-0.39, 0.29) is 6.61 Å². The van der Waals surface area contributed by atoms with Gasteiger partial charge in [0.05, 0.1) is 13.2 Å². The first-order valence-electron chi connectivity index (χ1n) is 6.19. The molecule has 0 spiro atoms. The summed E-state index contributed by atoms with van der Waals surface area (Å²) in [6.07, 6.45) is 2.65. The Balaban J connectivity index is 2.26. The van der Waals surface area contributed by atoms with Gasteiger partial charge in [0.25, 0.3) is 0 Å². The van der Waals surface area contributed by atoms with Gasteiger partial charge in [-0.15, -0.1) is 0 Å². The molecule has 0 bridgehead atoms. The quantitative estimate of drug-likeness (QED) is 0.714. The molecule has 17 heavy (non-hydrogen) atoms. The van der Waals surface area contributed by atoms with Crippen LogP contribution < -0.4 is 10.5 Å². The summed E-state index contributed by atoms with van der Waals surface area (Å²) in [6, 6.07) is 8.14. The second-order valence-electron chi connectivity index (χ2n) is 4.76. The first-order chi connectivity index (χ1) is 8.07. The van der Waals surface area contributed by atoms with Gasteiger partial charge in [-0.1, -0.05) is 19.1 Å². The highest BCUT2D eigenvalue weighted by atomic mass is 16.5. The topological polar surface area (TPSA) is 55.5 Å². The monoisotopic (exact) mass is 237 g/mol. The van der Waals surface area contributed by atoms with E-state index in [0.29, 0.717) is 6.61 Å². The van der Waals surface area contributed by atoms with E-state index < -0.39 is 5.54 Å². The first kappa shape index (κ1) is 14.0. The molecule has 0 amide bonds. The zero-order valence-electron chi connectivity index (χ0n) is 10.8. The lowest BCUT2D eigenvalue weighted by Crippen LogP contribution is -2.40. The largest absolute Gasteiger partial charge is 0.494 e. The van der Waals surface area contributed by atoms with Crippen LogP contribution in [0.1, 0.15) is 32.3 Å². The number of rotatable bonds is 7. The molecule has 3 heteroatoms. The Labute approximate surface area is 104 Å². The molecule has 1 atom stereocenters. The van der Waals surface area contributed by atoms with Crippen LogP contribution in [0.5, 0.6) is 5.75 Å². The maximum Gasteiger partial charge on any atom is 0.119 e. The van der Waals surface area contributed by atoms with Crippen molar-refractivity contribution < 1.29 is 9.84 Å². The van der Waals surface area contributed by atoms with Gasteiger partial charge in [0.15, 0.2) is 0 Å². The molecule has 0 fully saturated rings. The predicted octanol–water partition coefficient (Wildman–Crippen LogP) is 2.12. The van der Waals surface area contributed by atoms with Gasteiger partial charge >= 0.3 is 0 Å². The van der Waals surface area contributed by atoms with Gasteiger partial charge in [-0.3, -0.25) is 0 Å². The predicted molar refractivity (Wildman–Crippen MR) is 70.2 cm³/mol. The fourth-order valence-electron chi connectivity index (χ4n) is 1.57. The summed E-state index contributed by atoms with van der Waals surface area (Å²) >= 11 is 0. The molecule has 0 aliphatic heterocycles. The molecule has 0 saturated carbocycles. The van der Waals surface area contributed by atoms with E-state index in [9.17, 15) is 0 Å².